The van der Waals surface area contributed by atoms with Crippen LogP contribution in [0.3, 0.4) is 0 Å². The van der Waals surface area contributed by atoms with Crippen LogP contribution in [0.25, 0.3) is 10.4 Å². The molecule has 136 valence electrons. The number of halogens is 1. The molecule has 1 aromatic heterocycles. The van der Waals surface area contributed by atoms with Crippen molar-refractivity contribution in [2.24, 2.45) is 5.92 Å². The fourth-order valence-electron chi connectivity index (χ4n) is 3.23. The van der Waals surface area contributed by atoms with Gasteiger partial charge < -0.3 is 4.90 Å². The van der Waals surface area contributed by atoms with E-state index in [1.807, 2.05) is 41.3 Å². The van der Waals surface area contributed by atoms with Crippen LogP contribution in [0.1, 0.15) is 23.5 Å². The van der Waals surface area contributed by atoms with Crippen molar-refractivity contribution in [1.29, 1.82) is 5.26 Å². The number of thiophene rings is 1. The zero-order valence-corrected chi connectivity index (χ0v) is 16.6. The predicted molar refractivity (Wildman–Crippen MR) is 106 cm³/mol. The third-order valence-corrected chi connectivity index (χ3v) is 6.08. The summed E-state index contributed by atoms with van der Waals surface area (Å²) in [5.74, 6) is 0.370. The van der Waals surface area contributed by atoms with Crippen LogP contribution in [0, 0.1) is 17.2 Å². The second-order valence-electron chi connectivity index (χ2n) is 6.82. The largest absolute Gasteiger partial charge is 0.335 e. The highest BCUT2D eigenvalue weighted by molar-refractivity contribution is 7.17. The number of hydrogen-bond donors (Lipinski definition) is 0. The molecule has 1 unspecified atom stereocenters. The molecule has 1 saturated heterocycles. The van der Waals surface area contributed by atoms with Crippen LogP contribution in [0.4, 0.5) is 0 Å². The van der Waals surface area contributed by atoms with Crippen LogP contribution in [0.2, 0.25) is 5.02 Å². The van der Waals surface area contributed by atoms with Crippen LogP contribution in [0.15, 0.2) is 36.4 Å². The summed E-state index contributed by atoms with van der Waals surface area (Å²) in [7, 11) is 0. The monoisotopic (exact) mass is 387 g/mol. The lowest BCUT2D eigenvalue weighted by atomic mass is 10.0. The minimum Gasteiger partial charge on any atom is -0.335 e. The van der Waals surface area contributed by atoms with Gasteiger partial charge in [0.1, 0.15) is 6.04 Å². The van der Waals surface area contributed by atoms with Gasteiger partial charge in [-0.15, -0.1) is 11.3 Å². The zero-order valence-electron chi connectivity index (χ0n) is 15.0. The van der Waals surface area contributed by atoms with Gasteiger partial charge in [-0.2, -0.15) is 5.26 Å². The fraction of sp³-hybridized carbons (Fsp3) is 0.400. The minimum absolute atomic E-state index is 0.0768. The highest BCUT2D eigenvalue weighted by Crippen LogP contribution is 2.30. The van der Waals surface area contributed by atoms with Gasteiger partial charge in [0.2, 0.25) is 0 Å². The molecule has 0 radical (unpaired) electrons. The summed E-state index contributed by atoms with van der Waals surface area (Å²) in [6.07, 6.45) is 0. The summed E-state index contributed by atoms with van der Waals surface area (Å²) >= 11 is 7.45. The maximum absolute atomic E-state index is 12.8. The van der Waals surface area contributed by atoms with Crippen LogP contribution in [-0.4, -0.2) is 47.9 Å². The molecule has 2 heterocycles. The molecule has 0 spiro atoms. The van der Waals surface area contributed by atoms with Crippen LogP contribution in [-0.2, 0) is 0 Å². The van der Waals surface area contributed by atoms with Gasteiger partial charge in [0.15, 0.2) is 0 Å². The van der Waals surface area contributed by atoms with Crippen molar-refractivity contribution in [3.63, 3.8) is 0 Å². The Morgan fingerprint density at radius 3 is 2.35 bits per heavy atom. The van der Waals surface area contributed by atoms with E-state index in [1.54, 1.807) is 0 Å². The second kappa shape index (κ2) is 8.22. The van der Waals surface area contributed by atoms with Gasteiger partial charge in [-0.3, -0.25) is 9.69 Å². The molecule has 26 heavy (non-hydrogen) atoms. The van der Waals surface area contributed by atoms with Gasteiger partial charge >= 0.3 is 0 Å². The lowest BCUT2D eigenvalue weighted by molar-refractivity contribution is 0.0581. The number of amides is 1. The Labute approximate surface area is 163 Å². The molecule has 1 atom stereocenters. The van der Waals surface area contributed by atoms with E-state index >= 15 is 0 Å². The van der Waals surface area contributed by atoms with E-state index in [0.717, 1.165) is 28.4 Å². The maximum atomic E-state index is 12.8. The summed E-state index contributed by atoms with van der Waals surface area (Å²) in [5, 5.41) is 10.1. The van der Waals surface area contributed by atoms with Crippen LogP contribution in [0.5, 0.6) is 0 Å². The van der Waals surface area contributed by atoms with Crippen molar-refractivity contribution < 1.29 is 4.79 Å². The Morgan fingerprint density at radius 2 is 1.77 bits per heavy atom. The Hall–Kier alpha value is -1.87. The third kappa shape index (κ3) is 4.09. The first-order valence-corrected chi connectivity index (χ1v) is 9.97. The molecule has 2 aromatic rings. The molecule has 3 rings (SSSR count). The van der Waals surface area contributed by atoms with Crippen LogP contribution >= 0.6 is 22.9 Å². The van der Waals surface area contributed by atoms with Gasteiger partial charge in [-0.05, 0) is 35.7 Å². The number of rotatable bonds is 4. The standard InChI is InChI=1S/C20H22ClN3OS/c1-14(2)17(13-22)23-9-11-24(12-10-23)20(25)19-8-7-18(26-19)15-3-5-16(21)6-4-15/h3-8,14,17H,9-12H2,1-2H3. The summed E-state index contributed by atoms with van der Waals surface area (Å²) < 4.78 is 0. The Kier molecular flexibility index (Phi) is 5.98. The molecular weight excluding hydrogens is 366 g/mol. The van der Waals surface area contributed by atoms with E-state index in [1.165, 1.54) is 11.3 Å². The average molecular weight is 388 g/mol. The number of piperazine rings is 1. The molecule has 1 aliphatic heterocycles. The van der Waals surface area contributed by atoms with E-state index in [4.69, 9.17) is 11.6 Å². The molecule has 1 aliphatic rings. The van der Waals surface area contributed by atoms with E-state index in [0.29, 0.717) is 24.0 Å². The van der Waals surface area contributed by atoms with Gasteiger partial charge in [0, 0.05) is 36.1 Å². The first-order chi connectivity index (χ1) is 12.5. The molecule has 0 bridgehead atoms. The molecule has 4 nitrogen and oxygen atoms in total. The van der Waals surface area contributed by atoms with Gasteiger partial charge in [-0.1, -0.05) is 37.6 Å². The molecule has 0 saturated carbocycles. The Balaban J connectivity index is 1.64. The zero-order chi connectivity index (χ0) is 18.7. The van der Waals surface area contributed by atoms with Crippen molar-refractivity contribution in [2.45, 2.75) is 19.9 Å². The summed E-state index contributed by atoms with van der Waals surface area (Å²) in [6.45, 7) is 6.95. The van der Waals surface area contributed by atoms with E-state index in [2.05, 4.69) is 24.8 Å². The molecule has 1 fully saturated rings. The van der Waals surface area contributed by atoms with Gasteiger partial charge in [0.05, 0.1) is 10.9 Å². The van der Waals surface area contributed by atoms with E-state index < -0.39 is 0 Å². The van der Waals surface area contributed by atoms with Crippen molar-refractivity contribution in [3.8, 4) is 16.5 Å². The van der Waals surface area contributed by atoms with E-state index in [9.17, 15) is 10.1 Å². The summed E-state index contributed by atoms with van der Waals surface area (Å²) in [6, 6.07) is 13.8. The first kappa shape index (κ1) is 18.9. The van der Waals surface area contributed by atoms with Gasteiger partial charge in [-0.25, -0.2) is 0 Å². The predicted octanol–water partition coefficient (Wildman–Crippen LogP) is 4.37. The number of hydrogen-bond acceptors (Lipinski definition) is 4. The molecule has 1 aromatic carbocycles. The molecular formula is C20H22ClN3OS. The highest BCUT2D eigenvalue weighted by atomic mass is 35.5. The number of carbonyl (C=O) groups is 1. The molecule has 0 aliphatic carbocycles. The second-order valence-corrected chi connectivity index (χ2v) is 8.34. The Bertz CT molecular complexity index is 801. The number of nitrogens with zero attached hydrogens (tertiary/aromatic N) is 3. The van der Waals surface area contributed by atoms with Crippen molar-refractivity contribution >= 4 is 28.8 Å². The molecule has 1 amide bonds. The smallest absolute Gasteiger partial charge is 0.264 e. The average Bonchev–Trinajstić information content (AvgIpc) is 3.13. The third-order valence-electron chi connectivity index (χ3n) is 4.70. The van der Waals surface area contributed by atoms with Gasteiger partial charge in [0.25, 0.3) is 5.91 Å². The van der Waals surface area contributed by atoms with Crippen molar-refractivity contribution in [3.05, 3.63) is 46.3 Å². The maximum Gasteiger partial charge on any atom is 0.264 e. The normalized spacial score (nSPS) is 16.5. The summed E-state index contributed by atoms with van der Waals surface area (Å²) in [5.41, 5.74) is 1.07. The fourth-order valence-corrected chi connectivity index (χ4v) is 4.34. The SMILES string of the molecule is CC(C)C(C#N)N1CCN(C(=O)c2ccc(-c3ccc(Cl)cc3)s2)CC1. The highest BCUT2D eigenvalue weighted by Gasteiger charge is 2.28. The molecule has 0 N–H and O–H groups in total. The summed E-state index contributed by atoms with van der Waals surface area (Å²) in [4.78, 5) is 18.7. The van der Waals surface area contributed by atoms with E-state index in [-0.39, 0.29) is 11.9 Å². The lowest BCUT2D eigenvalue weighted by Gasteiger charge is -2.38. The number of carbonyl (C=O) groups excluding carboxylic acids is 1. The minimum atomic E-state index is -0.0782. The number of benzene rings is 1. The number of nitriles is 1. The van der Waals surface area contributed by atoms with Crippen molar-refractivity contribution in [1.82, 2.24) is 9.80 Å². The Morgan fingerprint density at radius 1 is 1.12 bits per heavy atom. The molecule has 6 heteroatoms. The topological polar surface area (TPSA) is 47.3 Å². The quantitative estimate of drug-likeness (QED) is 0.782. The van der Waals surface area contributed by atoms with Crippen LogP contribution < -0.4 is 0 Å². The van der Waals surface area contributed by atoms with Crippen molar-refractivity contribution in [2.75, 3.05) is 26.2 Å². The first-order valence-electron chi connectivity index (χ1n) is 8.78. The lowest BCUT2D eigenvalue weighted by Crippen LogP contribution is -2.52.